The smallest absolute Gasteiger partial charge is 0.259 e. The van der Waals surface area contributed by atoms with Crippen LogP contribution in [0.3, 0.4) is 0 Å². The number of aromatic hydroxyl groups is 1. The Morgan fingerprint density at radius 1 is 1.33 bits per heavy atom. The van der Waals surface area contributed by atoms with Crippen molar-refractivity contribution in [3.63, 3.8) is 0 Å². The maximum Gasteiger partial charge on any atom is 0.259 e. The first-order valence-corrected chi connectivity index (χ1v) is 7.10. The molecule has 6 nitrogen and oxygen atoms in total. The molecule has 0 bridgehead atoms. The van der Waals surface area contributed by atoms with Crippen molar-refractivity contribution in [1.82, 2.24) is 9.97 Å². The highest BCUT2D eigenvalue weighted by Crippen LogP contribution is 2.28. The molecule has 0 saturated carbocycles. The molecule has 0 saturated heterocycles. The van der Waals surface area contributed by atoms with Crippen molar-refractivity contribution < 1.29 is 9.84 Å². The second-order valence-electron chi connectivity index (χ2n) is 5.03. The summed E-state index contributed by atoms with van der Waals surface area (Å²) in [6.07, 6.45) is 1.56. The van der Waals surface area contributed by atoms with Crippen molar-refractivity contribution in [2.24, 2.45) is 0 Å². The summed E-state index contributed by atoms with van der Waals surface area (Å²) >= 11 is 0. The lowest BCUT2D eigenvalue weighted by atomic mass is 10.1. The van der Waals surface area contributed by atoms with Crippen LogP contribution in [0.5, 0.6) is 11.5 Å². The van der Waals surface area contributed by atoms with E-state index >= 15 is 0 Å². The van der Waals surface area contributed by atoms with Gasteiger partial charge in [-0.25, -0.2) is 4.98 Å². The molecule has 1 aromatic heterocycles. The van der Waals surface area contributed by atoms with E-state index in [9.17, 15) is 15.2 Å². The van der Waals surface area contributed by atoms with Gasteiger partial charge in [-0.3, -0.25) is 4.79 Å². The number of rotatable bonds is 3. The minimum atomic E-state index is -0.306. The minimum absolute atomic E-state index is 0.00500. The van der Waals surface area contributed by atoms with Gasteiger partial charge in [-0.15, -0.1) is 0 Å². The second-order valence-corrected chi connectivity index (χ2v) is 5.03. The van der Waals surface area contributed by atoms with Gasteiger partial charge in [-0.05, 0) is 35.9 Å². The first kappa shape index (κ1) is 15.3. The number of hydrogen-bond acceptors (Lipinski definition) is 5. The predicted molar refractivity (Wildman–Crippen MR) is 90.5 cm³/mol. The maximum atomic E-state index is 12.1. The Kier molecular flexibility index (Phi) is 4.00. The van der Waals surface area contributed by atoms with E-state index in [1.807, 2.05) is 6.07 Å². The Bertz CT molecular complexity index is 1050. The van der Waals surface area contributed by atoms with Crippen LogP contribution in [0.25, 0.3) is 22.6 Å². The number of ether oxygens (including phenoxy) is 1. The zero-order valence-corrected chi connectivity index (χ0v) is 12.8. The standard InChI is InChI=1S/C18H13N3O3/c1-24-16-9-11(6-7-15(16)22)8-12(10-19)17-20-14-5-3-2-4-13(14)18(23)21-17/h2-9,22H,1H3,(H,20,21,23)/b12-8+. The predicted octanol–water partition coefficient (Wildman–Crippen LogP) is 2.70. The van der Waals surface area contributed by atoms with Crippen LogP contribution in [0.2, 0.25) is 0 Å². The number of methoxy groups -OCH3 is 1. The molecule has 3 rings (SSSR count). The quantitative estimate of drug-likeness (QED) is 0.723. The first-order chi connectivity index (χ1) is 11.6. The van der Waals surface area contributed by atoms with Crippen LogP contribution >= 0.6 is 0 Å². The monoisotopic (exact) mass is 319 g/mol. The van der Waals surface area contributed by atoms with E-state index in [1.54, 1.807) is 42.5 Å². The molecule has 24 heavy (non-hydrogen) atoms. The van der Waals surface area contributed by atoms with Crippen LogP contribution < -0.4 is 10.3 Å². The van der Waals surface area contributed by atoms with Gasteiger partial charge in [0.2, 0.25) is 0 Å². The molecule has 0 radical (unpaired) electrons. The zero-order chi connectivity index (χ0) is 17.1. The second kappa shape index (κ2) is 6.26. The third-order valence-electron chi connectivity index (χ3n) is 3.50. The Labute approximate surface area is 137 Å². The molecule has 0 unspecified atom stereocenters. The Morgan fingerprint density at radius 3 is 2.88 bits per heavy atom. The summed E-state index contributed by atoms with van der Waals surface area (Å²) in [4.78, 5) is 19.1. The molecule has 2 N–H and O–H groups in total. The third kappa shape index (κ3) is 2.83. The molecule has 0 aliphatic carbocycles. The highest BCUT2D eigenvalue weighted by atomic mass is 16.5. The van der Waals surface area contributed by atoms with Gasteiger partial charge in [0.1, 0.15) is 6.07 Å². The summed E-state index contributed by atoms with van der Waals surface area (Å²) in [6, 6.07) is 13.6. The van der Waals surface area contributed by atoms with Crippen LogP contribution in [0, 0.1) is 11.3 Å². The summed E-state index contributed by atoms with van der Waals surface area (Å²) in [5.41, 5.74) is 1.04. The molecule has 6 heteroatoms. The Hall–Kier alpha value is -3.59. The van der Waals surface area contributed by atoms with Crippen LogP contribution in [0.15, 0.2) is 47.3 Å². The number of H-pyrrole nitrogens is 1. The summed E-state index contributed by atoms with van der Waals surface area (Å²) in [7, 11) is 1.44. The minimum Gasteiger partial charge on any atom is -0.504 e. The third-order valence-corrected chi connectivity index (χ3v) is 3.50. The van der Waals surface area contributed by atoms with Gasteiger partial charge in [0.25, 0.3) is 5.56 Å². The van der Waals surface area contributed by atoms with Crippen molar-refractivity contribution in [3.8, 4) is 17.6 Å². The molecule has 2 aromatic carbocycles. The van der Waals surface area contributed by atoms with Gasteiger partial charge in [-0.1, -0.05) is 18.2 Å². The van der Waals surface area contributed by atoms with E-state index < -0.39 is 0 Å². The van der Waals surface area contributed by atoms with Crippen molar-refractivity contribution in [3.05, 3.63) is 64.2 Å². The number of fused-ring (bicyclic) bond motifs is 1. The van der Waals surface area contributed by atoms with Gasteiger partial charge >= 0.3 is 0 Å². The number of para-hydroxylation sites is 1. The molecule has 0 spiro atoms. The summed E-state index contributed by atoms with van der Waals surface area (Å²) in [6.45, 7) is 0. The average Bonchev–Trinajstić information content (AvgIpc) is 2.61. The molecule has 0 aliphatic heterocycles. The highest BCUT2D eigenvalue weighted by molar-refractivity contribution is 5.89. The number of nitrogens with zero attached hydrogens (tertiary/aromatic N) is 2. The lowest BCUT2D eigenvalue weighted by Crippen LogP contribution is -2.11. The zero-order valence-electron chi connectivity index (χ0n) is 12.8. The van der Waals surface area contributed by atoms with Crippen molar-refractivity contribution >= 4 is 22.6 Å². The Morgan fingerprint density at radius 2 is 2.12 bits per heavy atom. The number of aromatic nitrogens is 2. The molecular weight excluding hydrogens is 306 g/mol. The van der Waals surface area contributed by atoms with Crippen molar-refractivity contribution in [1.29, 1.82) is 5.26 Å². The molecule has 0 amide bonds. The van der Waals surface area contributed by atoms with E-state index in [1.165, 1.54) is 13.2 Å². The molecule has 0 atom stereocenters. The first-order valence-electron chi connectivity index (χ1n) is 7.10. The van der Waals surface area contributed by atoms with Crippen LogP contribution in [0.4, 0.5) is 0 Å². The number of phenols is 1. The molecule has 118 valence electrons. The molecular formula is C18H13N3O3. The lowest BCUT2D eigenvalue weighted by molar-refractivity contribution is 0.373. The topological polar surface area (TPSA) is 99.0 Å². The normalized spacial score (nSPS) is 11.2. The van der Waals surface area contributed by atoms with Crippen molar-refractivity contribution in [2.45, 2.75) is 0 Å². The van der Waals surface area contributed by atoms with Gasteiger partial charge in [0.15, 0.2) is 17.3 Å². The van der Waals surface area contributed by atoms with Gasteiger partial charge < -0.3 is 14.8 Å². The largest absolute Gasteiger partial charge is 0.504 e. The van der Waals surface area contributed by atoms with Gasteiger partial charge in [-0.2, -0.15) is 5.26 Å². The van der Waals surface area contributed by atoms with Crippen LogP contribution in [0.1, 0.15) is 11.4 Å². The van der Waals surface area contributed by atoms with Gasteiger partial charge in [0, 0.05) is 0 Å². The average molecular weight is 319 g/mol. The lowest BCUT2D eigenvalue weighted by Gasteiger charge is -2.05. The van der Waals surface area contributed by atoms with Crippen LogP contribution in [-0.2, 0) is 0 Å². The number of hydrogen-bond donors (Lipinski definition) is 2. The maximum absolute atomic E-state index is 12.1. The number of allylic oxidation sites excluding steroid dienone is 1. The fourth-order valence-corrected chi connectivity index (χ4v) is 2.32. The Balaban J connectivity index is 2.12. The molecule has 0 aliphatic rings. The number of nitriles is 1. The number of nitrogens with one attached hydrogen (secondary N) is 1. The van der Waals surface area contributed by atoms with Gasteiger partial charge in [0.05, 0.1) is 23.6 Å². The highest BCUT2D eigenvalue weighted by Gasteiger charge is 2.09. The summed E-state index contributed by atoms with van der Waals surface area (Å²) < 4.78 is 5.05. The van der Waals surface area contributed by atoms with E-state index in [0.29, 0.717) is 22.2 Å². The number of benzene rings is 2. The fourth-order valence-electron chi connectivity index (χ4n) is 2.32. The summed E-state index contributed by atoms with van der Waals surface area (Å²) in [5, 5.41) is 19.5. The van der Waals surface area contributed by atoms with Crippen LogP contribution in [-0.4, -0.2) is 22.2 Å². The SMILES string of the molecule is COc1cc(/C=C(\C#N)c2nc3ccccc3c(=O)[nH]2)ccc1O. The van der Waals surface area contributed by atoms with E-state index in [4.69, 9.17) is 4.74 Å². The molecule has 0 fully saturated rings. The fraction of sp³-hybridized carbons (Fsp3) is 0.0556. The summed E-state index contributed by atoms with van der Waals surface area (Å²) in [5.74, 6) is 0.486. The van der Waals surface area contributed by atoms with E-state index in [2.05, 4.69) is 9.97 Å². The molecule has 1 heterocycles. The van der Waals surface area contributed by atoms with E-state index in [0.717, 1.165) is 0 Å². The molecule has 3 aromatic rings. The number of phenolic OH excluding ortho intramolecular Hbond substituents is 1. The number of aromatic amines is 1. The van der Waals surface area contributed by atoms with Crippen molar-refractivity contribution in [2.75, 3.05) is 7.11 Å². The van der Waals surface area contributed by atoms with E-state index in [-0.39, 0.29) is 22.7 Å².